The van der Waals surface area contributed by atoms with E-state index in [0.717, 1.165) is 32.0 Å². The number of rotatable bonds is 11. The van der Waals surface area contributed by atoms with Crippen LogP contribution in [-0.2, 0) is 9.47 Å². The molecule has 0 fully saturated rings. The van der Waals surface area contributed by atoms with Crippen molar-refractivity contribution in [3.63, 3.8) is 0 Å². The normalized spacial score (nSPS) is 15.0. The van der Waals surface area contributed by atoms with Crippen molar-refractivity contribution in [1.82, 2.24) is 0 Å². The molecule has 98 valence electrons. The van der Waals surface area contributed by atoms with Gasteiger partial charge in [-0.3, -0.25) is 0 Å². The quantitative estimate of drug-likeness (QED) is 0.320. The monoisotopic (exact) mass is 294 g/mol. The highest BCUT2D eigenvalue weighted by Gasteiger charge is 2.05. The molecule has 0 aromatic carbocycles. The van der Waals surface area contributed by atoms with E-state index in [1.165, 1.54) is 19.3 Å². The molecule has 2 atom stereocenters. The molecule has 16 heavy (non-hydrogen) atoms. The third kappa shape index (κ3) is 12.5. The van der Waals surface area contributed by atoms with E-state index in [4.69, 9.17) is 9.47 Å². The molecule has 0 heterocycles. The molecule has 0 bridgehead atoms. The summed E-state index contributed by atoms with van der Waals surface area (Å²) in [5, 5.41) is 0. The zero-order chi connectivity index (χ0) is 12.2. The molecule has 0 rings (SSSR count). The fraction of sp³-hybridized carbons (Fsp3) is 1.00. The smallest absolute Gasteiger partial charge is 0.146 e. The van der Waals surface area contributed by atoms with Crippen LogP contribution in [0.2, 0.25) is 0 Å². The summed E-state index contributed by atoms with van der Waals surface area (Å²) in [5.74, 6) is 0.777. The van der Waals surface area contributed by atoms with Crippen molar-refractivity contribution in [1.29, 1.82) is 0 Å². The molecule has 0 aromatic heterocycles. The number of halogens is 1. The Balaban J connectivity index is 3.08. The molecule has 0 saturated heterocycles. The Morgan fingerprint density at radius 3 is 2.25 bits per heavy atom. The number of unbranched alkanes of at least 4 members (excludes halogenated alkanes) is 1. The van der Waals surface area contributed by atoms with E-state index in [1.807, 2.05) is 0 Å². The van der Waals surface area contributed by atoms with Gasteiger partial charge in [0, 0.05) is 18.0 Å². The summed E-state index contributed by atoms with van der Waals surface area (Å²) >= 11 is 3.58. The molecule has 0 aliphatic heterocycles. The number of ether oxygens (including phenoxy) is 2. The first kappa shape index (κ1) is 16.4. The van der Waals surface area contributed by atoms with Crippen LogP contribution in [0.1, 0.15) is 52.9 Å². The highest BCUT2D eigenvalue weighted by molar-refractivity contribution is 9.09. The molecule has 0 aliphatic rings. The first-order valence-electron chi connectivity index (χ1n) is 6.46. The number of hydrogen-bond acceptors (Lipinski definition) is 2. The largest absolute Gasteiger partial charge is 0.355 e. The summed E-state index contributed by atoms with van der Waals surface area (Å²) in [6.45, 7) is 8.78. The number of hydrogen-bond donors (Lipinski definition) is 0. The molecule has 0 aliphatic carbocycles. The van der Waals surface area contributed by atoms with Crippen molar-refractivity contribution in [3.05, 3.63) is 0 Å². The second kappa shape index (κ2) is 11.9. The van der Waals surface area contributed by atoms with Crippen LogP contribution in [0.4, 0.5) is 0 Å². The Kier molecular flexibility index (Phi) is 12.2. The Labute approximate surface area is 109 Å². The van der Waals surface area contributed by atoms with Crippen LogP contribution in [0.15, 0.2) is 0 Å². The summed E-state index contributed by atoms with van der Waals surface area (Å²) in [5.41, 5.74) is 0. The van der Waals surface area contributed by atoms with Gasteiger partial charge in [-0.1, -0.05) is 43.1 Å². The summed E-state index contributed by atoms with van der Waals surface area (Å²) < 4.78 is 10.7. The minimum atomic E-state index is 0.462. The lowest BCUT2D eigenvalue weighted by molar-refractivity contribution is -0.0558. The van der Waals surface area contributed by atoms with Crippen LogP contribution in [0.25, 0.3) is 0 Å². The van der Waals surface area contributed by atoms with Gasteiger partial charge in [-0.25, -0.2) is 0 Å². The van der Waals surface area contributed by atoms with Crippen molar-refractivity contribution >= 4 is 15.9 Å². The maximum atomic E-state index is 5.40. The molecule has 0 spiro atoms. The van der Waals surface area contributed by atoms with Gasteiger partial charge in [0.2, 0.25) is 0 Å². The van der Waals surface area contributed by atoms with Gasteiger partial charge in [0.1, 0.15) is 6.79 Å². The SMILES string of the molecule is CCCCOCOCCCC(C)CC(C)Br. The van der Waals surface area contributed by atoms with Gasteiger partial charge in [0.25, 0.3) is 0 Å². The molecular formula is C13H27BrO2. The van der Waals surface area contributed by atoms with Crippen LogP contribution < -0.4 is 0 Å². The second-order valence-electron chi connectivity index (χ2n) is 4.55. The molecule has 0 amide bonds. The van der Waals surface area contributed by atoms with E-state index in [0.29, 0.717) is 11.6 Å². The summed E-state index contributed by atoms with van der Waals surface area (Å²) in [6.07, 6.45) is 5.93. The summed E-state index contributed by atoms with van der Waals surface area (Å²) in [4.78, 5) is 0.626. The third-order valence-electron chi connectivity index (χ3n) is 2.52. The second-order valence-corrected chi connectivity index (χ2v) is 6.11. The molecule has 3 heteroatoms. The van der Waals surface area contributed by atoms with Gasteiger partial charge in [-0.05, 0) is 31.6 Å². The van der Waals surface area contributed by atoms with Crippen molar-refractivity contribution in [2.45, 2.75) is 57.7 Å². The predicted octanol–water partition coefficient (Wildman–Crippen LogP) is 4.37. The van der Waals surface area contributed by atoms with E-state index in [9.17, 15) is 0 Å². The van der Waals surface area contributed by atoms with Crippen LogP contribution in [0, 0.1) is 5.92 Å². The standard InChI is InChI=1S/C13H27BrO2/c1-4-5-8-15-11-16-9-6-7-12(2)10-13(3)14/h12-13H,4-11H2,1-3H3. The van der Waals surface area contributed by atoms with Crippen LogP contribution in [0.5, 0.6) is 0 Å². The topological polar surface area (TPSA) is 18.5 Å². The van der Waals surface area contributed by atoms with Gasteiger partial charge in [-0.2, -0.15) is 0 Å². The zero-order valence-electron chi connectivity index (χ0n) is 11.0. The van der Waals surface area contributed by atoms with Gasteiger partial charge in [-0.15, -0.1) is 0 Å². The predicted molar refractivity (Wildman–Crippen MR) is 73.1 cm³/mol. The third-order valence-corrected chi connectivity index (χ3v) is 2.90. The fourth-order valence-electron chi connectivity index (χ4n) is 1.63. The Bertz CT molecular complexity index is 140. The van der Waals surface area contributed by atoms with Crippen molar-refractivity contribution in [2.75, 3.05) is 20.0 Å². The zero-order valence-corrected chi connectivity index (χ0v) is 12.6. The van der Waals surface area contributed by atoms with E-state index in [2.05, 4.69) is 36.7 Å². The Hall–Kier alpha value is 0.400. The Morgan fingerprint density at radius 1 is 1.06 bits per heavy atom. The number of alkyl halides is 1. The van der Waals surface area contributed by atoms with Crippen LogP contribution in [0.3, 0.4) is 0 Å². The molecule has 0 saturated carbocycles. The molecule has 0 radical (unpaired) electrons. The average molecular weight is 295 g/mol. The summed E-state index contributed by atoms with van der Waals surface area (Å²) in [7, 11) is 0. The lowest BCUT2D eigenvalue weighted by Gasteiger charge is -2.12. The van der Waals surface area contributed by atoms with Gasteiger partial charge < -0.3 is 9.47 Å². The van der Waals surface area contributed by atoms with Gasteiger partial charge in [0.15, 0.2) is 0 Å². The summed E-state index contributed by atoms with van der Waals surface area (Å²) in [6, 6.07) is 0. The fourth-order valence-corrected chi connectivity index (χ4v) is 2.27. The maximum Gasteiger partial charge on any atom is 0.146 e. The van der Waals surface area contributed by atoms with Crippen molar-refractivity contribution in [2.24, 2.45) is 5.92 Å². The van der Waals surface area contributed by atoms with Crippen molar-refractivity contribution in [3.8, 4) is 0 Å². The highest BCUT2D eigenvalue weighted by atomic mass is 79.9. The van der Waals surface area contributed by atoms with Gasteiger partial charge >= 0.3 is 0 Å². The van der Waals surface area contributed by atoms with Crippen molar-refractivity contribution < 1.29 is 9.47 Å². The minimum Gasteiger partial charge on any atom is -0.355 e. The van der Waals surface area contributed by atoms with E-state index in [-0.39, 0.29) is 0 Å². The minimum absolute atomic E-state index is 0.462. The van der Waals surface area contributed by atoms with Crippen LogP contribution >= 0.6 is 15.9 Å². The molecule has 2 nitrogen and oxygen atoms in total. The first-order valence-corrected chi connectivity index (χ1v) is 7.38. The maximum absolute atomic E-state index is 5.40. The van der Waals surface area contributed by atoms with E-state index in [1.54, 1.807) is 0 Å². The lowest BCUT2D eigenvalue weighted by atomic mass is 10.0. The van der Waals surface area contributed by atoms with E-state index < -0.39 is 0 Å². The Morgan fingerprint density at radius 2 is 1.69 bits per heavy atom. The molecule has 2 unspecified atom stereocenters. The van der Waals surface area contributed by atoms with Crippen LogP contribution in [-0.4, -0.2) is 24.8 Å². The highest BCUT2D eigenvalue weighted by Crippen LogP contribution is 2.16. The lowest BCUT2D eigenvalue weighted by Crippen LogP contribution is -2.06. The average Bonchev–Trinajstić information content (AvgIpc) is 2.21. The molecular weight excluding hydrogens is 268 g/mol. The van der Waals surface area contributed by atoms with Gasteiger partial charge in [0.05, 0.1) is 0 Å². The van der Waals surface area contributed by atoms with E-state index >= 15 is 0 Å². The molecule has 0 N–H and O–H groups in total. The molecule has 0 aromatic rings. The first-order chi connectivity index (χ1) is 7.66.